The van der Waals surface area contributed by atoms with E-state index in [-0.39, 0.29) is 11.1 Å². The van der Waals surface area contributed by atoms with Gasteiger partial charge in [0.1, 0.15) is 21.0 Å². The highest BCUT2D eigenvalue weighted by Crippen LogP contribution is 2.43. The lowest BCUT2D eigenvalue weighted by atomic mass is 9.85. The number of aromatic nitrogens is 1. The molecule has 1 N–H and O–H groups in total. The van der Waals surface area contributed by atoms with Crippen molar-refractivity contribution >= 4 is 22.6 Å². The van der Waals surface area contributed by atoms with Crippen molar-refractivity contribution in [2.45, 2.75) is 33.3 Å². The summed E-state index contributed by atoms with van der Waals surface area (Å²) >= 11 is 1.91. The van der Waals surface area contributed by atoms with Crippen LogP contribution in [0.15, 0.2) is 35.3 Å². The van der Waals surface area contributed by atoms with E-state index in [9.17, 15) is 14.3 Å². The molecule has 0 aliphatic heterocycles. The molecule has 1 heterocycles. The van der Waals surface area contributed by atoms with Crippen LogP contribution in [0, 0.1) is 29.1 Å². The molecule has 3 aromatic rings. The van der Waals surface area contributed by atoms with Crippen LogP contribution < -0.4 is 10.3 Å². The molecule has 164 valence electrons. The van der Waals surface area contributed by atoms with E-state index in [1.807, 2.05) is 22.6 Å². The van der Waals surface area contributed by atoms with Gasteiger partial charge in [-0.15, -0.1) is 0 Å². The van der Waals surface area contributed by atoms with Crippen molar-refractivity contribution < 1.29 is 18.6 Å². The van der Waals surface area contributed by atoms with Crippen molar-refractivity contribution in [1.82, 2.24) is 4.57 Å². The zero-order valence-corrected chi connectivity index (χ0v) is 20.4. The average Bonchev–Trinajstić information content (AvgIpc) is 2.65. The van der Waals surface area contributed by atoms with Gasteiger partial charge in [-0.3, -0.25) is 4.79 Å². The SMILES string of the molecule is COc1c(-c2cc(C(C)(C)O)cc(F)c2-c2c(C)cc(F)cc2C)cn(C)c(=O)c1I. The third kappa shape index (κ3) is 4.25. The molecule has 0 unspecified atom stereocenters. The third-order valence-corrected chi connectivity index (χ3v) is 6.26. The maximum Gasteiger partial charge on any atom is 0.267 e. The second kappa shape index (κ2) is 8.35. The molecule has 0 saturated heterocycles. The number of benzene rings is 2. The number of hydrogen-bond acceptors (Lipinski definition) is 3. The Hall–Kier alpha value is -2.26. The highest BCUT2D eigenvalue weighted by Gasteiger charge is 2.26. The first-order chi connectivity index (χ1) is 14.4. The summed E-state index contributed by atoms with van der Waals surface area (Å²) in [5, 5.41) is 10.6. The molecule has 4 nitrogen and oxygen atoms in total. The van der Waals surface area contributed by atoms with Crippen molar-refractivity contribution in [3.8, 4) is 28.0 Å². The molecule has 1 aromatic heterocycles. The van der Waals surface area contributed by atoms with Crippen molar-refractivity contribution in [2.75, 3.05) is 7.11 Å². The normalized spacial score (nSPS) is 11.7. The number of rotatable bonds is 4. The first kappa shape index (κ1) is 23.4. The predicted molar refractivity (Wildman–Crippen MR) is 126 cm³/mol. The number of pyridine rings is 1. The Bertz CT molecular complexity index is 1220. The lowest BCUT2D eigenvalue weighted by Gasteiger charge is -2.24. The topological polar surface area (TPSA) is 51.5 Å². The van der Waals surface area contributed by atoms with E-state index in [0.29, 0.717) is 42.7 Å². The first-order valence-corrected chi connectivity index (χ1v) is 10.7. The molecule has 0 aliphatic rings. The van der Waals surface area contributed by atoms with Crippen LogP contribution in [-0.4, -0.2) is 16.8 Å². The average molecular weight is 539 g/mol. The molecule has 0 atom stereocenters. The van der Waals surface area contributed by atoms with E-state index in [1.165, 1.54) is 29.9 Å². The van der Waals surface area contributed by atoms with Gasteiger partial charge in [-0.2, -0.15) is 0 Å². The van der Waals surface area contributed by atoms with E-state index in [0.717, 1.165) is 0 Å². The van der Waals surface area contributed by atoms with Crippen LogP contribution >= 0.6 is 22.6 Å². The van der Waals surface area contributed by atoms with Crippen LogP contribution in [-0.2, 0) is 12.6 Å². The molecule has 3 rings (SSSR count). The Balaban J connectivity index is 2.54. The van der Waals surface area contributed by atoms with E-state index in [2.05, 4.69) is 0 Å². The summed E-state index contributed by atoms with van der Waals surface area (Å²) in [5.74, 6) is -0.643. The predicted octanol–water partition coefficient (Wildman–Crippen LogP) is 5.45. The molecule has 0 bridgehead atoms. The Morgan fingerprint density at radius 1 is 1.03 bits per heavy atom. The number of aliphatic hydroxyl groups is 1. The van der Waals surface area contributed by atoms with Crippen LogP contribution in [0.25, 0.3) is 22.3 Å². The molecular formula is C24H24F2INO3. The van der Waals surface area contributed by atoms with Crippen LogP contribution in [0.5, 0.6) is 5.75 Å². The fraction of sp³-hybridized carbons (Fsp3) is 0.292. The Morgan fingerprint density at radius 3 is 2.13 bits per heavy atom. The first-order valence-electron chi connectivity index (χ1n) is 9.63. The lowest BCUT2D eigenvalue weighted by Crippen LogP contribution is -2.21. The summed E-state index contributed by atoms with van der Waals surface area (Å²) in [6.07, 6.45) is 1.59. The minimum atomic E-state index is -1.30. The third-order valence-electron chi connectivity index (χ3n) is 5.31. The summed E-state index contributed by atoms with van der Waals surface area (Å²) in [7, 11) is 3.06. The van der Waals surface area contributed by atoms with Crippen LogP contribution in [0.1, 0.15) is 30.5 Å². The molecule has 0 aliphatic carbocycles. The molecule has 0 fully saturated rings. The smallest absolute Gasteiger partial charge is 0.267 e. The maximum atomic E-state index is 15.7. The molecule has 0 saturated carbocycles. The molecule has 7 heteroatoms. The van der Waals surface area contributed by atoms with Crippen LogP contribution in [0.3, 0.4) is 0 Å². The Kier molecular flexibility index (Phi) is 6.30. The van der Waals surface area contributed by atoms with E-state index in [4.69, 9.17) is 4.74 Å². The lowest BCUT2D eigenvalue weighted by molar-refractivity contribution is 0.0783. The summed E-state index contributed by atoms with van der Waals surface area (Å²) < 4.78 is 36.9. The highest BCUT2D eigenvalue weighted by atomic mass is 127. The monoisotopic (exact) mass is 539 g/mol. The fourth-order valence-electron chi connectivity index (χ4n) is 3.80. The Morgan fingerprint density at radius 2 is 1.61 bits per heavy atom. The van der Waals surface area contributed by atoms with Gasteiger partial charge in [0, 0.05) is 24.4 Å². The van der Waals surface area contributed by atoms with Crippen LogP contribution in [0.4, 0.5) is 8.78 Å². The second-order valence-corrected chi connectivity index (χ2v) is 9.24. The quantitative estimate of drug-likeness (QED) is 0.449. The van der Waals surface area contributed by atoms with Gasteiger partial charge in [0.2, 0.25) is 0 Å². The fourth-order valence-corrected chi connectivity index (χ4v) is 4.70. The Labute approximate surface area is 193 Å². The summed E-state index contributed by atoms with van der Waals surface area (Å²) in [6.45, 7) is 6.59. The molecular weight excluding hydrogens is 515 g/mol. The van der Waals surface area contributed by atoms with Gasteiger partial charge in [-0.1, -0.05) is 0 Å². The molecule has 0 spiro atoms. The summed E-state index contributed by atoms with van der Waals surface area (Å²) in [5.41, 5.74) is 1.74. The van der Waals surface area contributed by atoms with Crippen molar-refractivity contribution in [2.24, 2.45) is 7.05 Å². The summed E-state index contributed by atoms with van der Waals surface area (Å²) in [6, 6.07) is 5.70. The number of halogens is 3. The minimum Gasteiger partial charge on any atom is -0.495 e. The van der Waals surface area contributed by atoms with Gasteiger partial charge >= 0.3 is 0 Å². The minimum absolute atomic E-state index is 0.240. The van der Waals surface area contributed by atoms with Crippen molar-refractivity contribution in [3.63, 3.8) is 0 Å². The van der Waals surface area contributed by atoms with Gasteiger partial charge in [0.15, 0.2) is 0 Å². The van der Waals surface area contributed by atoms with Crippen molar-refractivity contribution in [1.29, 1.82) is 0 Å². The largest absolute Gasteiger partial charge is 0.495 e. The highest BCUT2D eigenvalue weighted by molar-refractivity contribution is 14.1. The van der Waals surface area contributed by atoms with Gasteiger partial charge in [0.05, 0.1) is 12.7 Å². The number of nitrogens with zero attached hydrogens (tertiary/aromatic N) is 1. The summed E-state index contributed by atoms with van der Waals surface area (Å²) in [4.78, 5) is 12.4. The van der Waals surface area contributed by atoms with E-state index >= 15 is 4.39 Å². The maximum absolute atomic E-state index is 15.7. The van der Waals surface area contributed by atoms with Gasteiger partial charge in [-0.05, 0) is 102 Å². The molecule has 0 amide bonds. The molecule has 31 heavy (non-hydrogen) atoms. The zero-order valence-electron chi connectivity index (χ0n) is 18.2. The standard InChI is InChI=1S/C24H24F2INO3/c1-12-7-15(25)8-13(2)19(12)20-16(9-14(10-18(20)26)24(3,4)30)17-11-28(5)23(29)21(27)22(17)31-6/h7-11,30H,1-6H3. The van der Waals surface area contributed by atoms with Gasteiger partial charge in [-0.25, -0.2) is 8.78 Å². The number of ether oxygens (including phenoxy) is 1. The van der Waals surface area contributed by atoms with Crippen LogP contribution in [0.2, 0.25) is 0 Å². The van der Waals surface area contributed by atoms with Gasteiger partial charge < -0.3 is 14.4 Å². The number of aryl methyl sites for hydroxylation is 3. The molecule has 0 radical (unpaired) electrons. The number of methoxy groups -OCH3 is 1. The molecule has 2 aromatic carbocycles. The van der Waals surface area contributed by atoms with E-state index < -0.39 is 17.2 Å². The van der Waals surface area contributed by atoms with E-state index in [1.54, 1.807) is 47.0 Å². The zero-order chi connectivity index (χ0) is 23.2. The number of hydrogen-bond donors (Lipinski definition) is 1. The van der Waals surface area contributed by atoms with Crippen molar-refractivity contribution in [3.05, 3.63) is 72.7 Å². The van der Waals surface area contributed by atoms with Gasteiger partial charge in [0.25, 0.3) is 5.56 Å². The second-order valence-electron chi connectivity index (χ2n) is 8.16.